The summed E-state index contributed by atoms with van der Waals surface area (Å²) in [6, 6.07) is 4.21. The quantitative estimate of drug-likeness (QED) is 0.876. The van der Waals surface area contributed by atoms with Gasteiger partial charge in [-0.15, -0.1) is 0 Å². The van der Waals surface area contributed by atoms with Crippen LogP contribution in [0, 0.1) is 12.8 Å². The largest absolute Gasteiger partial charge is 0.465 e. The Kier molecular flexibility index (Phi) is 4.50. The number of rotatable bonds is 4. The molecule has 5 heteroatoms. The standard InChI is InChI=1S/C15H25N3O2/c1-9-4-6-12(15(17)19)8-18(9)14(11(3)16)13-7-5-10(2)20-13/h5,7,9,11-12,14H,4,6,8,16H2,1-3H3,(H2,17,19). The normalized spacial score (nSPS) is 27.2. The number of hydrogen-bond acceptors (Lipinski definition) is 4. The molecule has 0 radical (unpaired) electrons. The van der Waals surface area contributed by atoms with Gasteiger partial charge in [-0.05, 0) is 45.7 Å². The van der Waals surface area contributed by atoms with E-state index in [1.807, 2.05) is 26.0 Å². The summed E-state index contributed by atoms with van der Waals surface area (Å²) in [6.07, 6.45) is 1.81. The molecule has 0 bridgehead atoms. The van der Waals surface area contributed by atoms with Crippen LogP contribution < -0.4 is 11.5 Å². The van der Waals surface area contributed by atoms with Crippen LogP contribution in [-0.2, 0) is 4.79 Å². The molecule has 2 heterocycles. The predicted octanol–water partition coefficient (Wildman–Crippen LogP) is 1.56. The first kappa shape index (κ1) is 15.1. The van der Waals surface area contributed by atoms with E-state index in [1.165, 1.54) is 0 Å². The van der Waals surface area contributed by atoms with Crippen molar-refractivity contribution in [2.24, 2.45) is 17.4 Å². The number of nitrogens with two attached hydrogens (primary N) is 2. The van der Waals surface area contributed by atoms with E-state index >= 15 is 0 Å². The number of piperidine rings is 1. The van der Waals surface area contributed by atoms with Crippen LogP contribution in [0.5, 0.6) is 0 Å². The second-order valence-corrected chi connectivity index (χ2v) is 5.97. The predicted molar refractivity (Wildman–Crippen MR) is 77.9 cm³/mol. The van der Waals surface area contributed by atoms with E-state index < -0.39 is 0 Å². The van der Waals surface area contributed by atoms with Crippen molar-refractivity contribution < 1.29 is 9.21 Å². The minimum Gasteiger partial charge on any atom is -0.465 e. The molecule has 4 unspecified atom stereocenters. The second-order valence-electron chi connectivity index (χ2n) is 5.97. The van der Waals surface area contributed by atoms with E-state index in [1.54, 1.807) is 0 Å². The summed E-state index contributed by atoms with van der Waals surface area (Å²) in [5.41, 5.74) is 11.6. The van der Waals surface area contributed by atoms with Crippen molar-refractivity contribution in [1.29, 1.82) is 0 Å². The van der Waals surface area contributed by atoms with Gasteiger partial charge >= 0.3 is 0 Å². The third-order valence-electron chi connectivity index (χ3n) is 4.24. The molecule has 4 N–H and O–H groups in total. The van der Waals surface area contributed by atoms with Crippen molar-refractivity contribution in [3.63, 3.8) is 0 Å². The number of amides is 1. The number of carbonyl (C=O) groups excluding carboxylic acids is 1. The lowest BCUT2D eigenvalue weighted by atomic mass is 9.90. The van der Waals surface area contributed by atoms with Crippen molar-refractivity contribution in [3.05, 3.63) is 23.7 Å². The Morgan fingerprint density at radius 2 is 2.15 bits per heavy atom. The first-order valence-corrected chi connectivity index (χ1v) is 7.27. The van der Waals surface area contributed by atoms with E-state index in [2.05, 4.69) is 11.8 Å². The first-order valence-electron chi connectivity index (χ1n) is 7.27. The lowest BCUT2D eigenvalue weighted by Crippen LogP contribution is -2.51. The van der Waals surface area contributed by atoms with Crippen LogP contribution in [0.25, 0.3) is 0 Å². The van der Waals surface area contributed by atoms with Gasteiger partial charge in [0, 0.05) is 18.6 Å². The Bertz CT molecular complexity index is 469. The van der Waals surface area contributed by atoms with Gasteiger partial charge < -0.3 is 15.9 Å². The van der Waals surface area contributed by atoms with Gasteiger partial charge in [-0.1, -0.05) is 0 Å². The Balaban J connectivity index is 2.25. The molecule has 1 aliphatic rings. The van der Waals surface area contributed by atoms with Crippen LogP contribution in [0.1, 0.15) is 44.3 Å². The number of nitrogens with zero attached hydrogens (tertiary/aromatic N) is 1. The fourth-order valence-electron chi connectivity index (χ4n) is 3.09. The summed E-state index contributed by atoms with van der Waals surface area (Å²) in [6.45, 7) is 6.72. The van der Waals surface area contributed by atoms with Gasteiger partial charge in [0.05, 0.1) is 12.0 Å². The van der Waals surface area contributed by atoms with Crippen LogP contribution in [0.3, 0.4) is 0 Å². The Morgan fingerprint density at radius 1 is 1.45 bits per heavy atom. The SMILES string of the molecule is Cc1ccc(C(C(C)N)N2CC(C(N)=O)CCC2C)o1. The van der Waals surface area contributed by atoms with Crippen LogP contribution in [0.4, 0.5) is 0 Å². The Morgan fingerprint density at radius 3 is 2.65 bits per heavy atom. The van der Waals surface area contributed by atoms with Crippen molar-refractivity contribution in [2.75, 3.05) is 6.54 Å². The minimum absolute atomic E-state index is 0.0131. The maximum atomic E-state index is 11.5. The third-order valence-corrected chi connectivity index (χ3v) is 4.24. The van der Waals surface area contributed by atoms with Gasteiger partial charge in [0.15, 0.2) is 0 Å². The average Bonchev–Trinajstić information content (AvgIpc) is 2.77. The highest BCUT2D eigenvalue weighted by molar-refractivity contribution is 5.77. The molecule has 1 aromatic heterocycles. The Labute approximate surface area is 120 Å². The summed E-state index contributed by atoms with van der Waals surface area (Å²) >= 11 is 0. The number of likely N-dealkylation sites (tertiary alicyclic amines) is 1. The minimum atomic E-state index is -0.221. The highest BCUT2D eigenvalue weighted by Gasteiger charge is 2.36. The molecule has 1 aliphatic heterocycles. The molecule has 0 spiro atoms. The zero-order valence-corrected chi connectivity index (χ0v) is 12.5. The fraction of sp³-hybridized carbons (Fsp3) is 0.667. The molecule has 0 aliphatic carbocycles. The van der Waals surface area contributed by atoms with Crippen LogP contribution in [-0.4, -0.2) is 29.4 Å². The number of carbonyl (C=O) groups is 1. The number of primary amides is 1. The highest BCUT2D eigenvalue weighted by atomic mass is 16.3. The van der Waals surface area contributed by atoms with Crippen LogP contribution in [0.2, 0.25) is 0 Å². The van der Waals surface area contributed by atoms with Crippen molar-refractivity contribution in [3.8, 4) is 0 Å². The van der Waals surface area contributed by atoms with Crippen LogP contribution in [0.15, 0.2) is 16.5 Å². The van der Waals surface area contributed by atoms with E-state index in [0.717, 1.165) is 24.4 Å². The lowest BCUT2D eigenvalue weighted by Gasteiger charge is -2.42. The molecule has 4 atom stereocenters. The van der Waals surface area contributed by atoms with E-state index in [-0.39, 0.29) is 23.9 Å². The van der Waals surface area contributed by atoms with Gasteiger partial charge in [0.1, 0.15) is 11.5 Å². The van der Waals surface area contributed by atoms with Gasteiger partial charge in [0.2, 0.25) is 5.91 Å². The number of aryl methyl sites for hydroxylation is 1. The summed E-state index contributed by atoms with van der Waals surface area (Å²) < 4.78 is 5.77. The fourth-order valence-corrected chi connectivity index (χ4v) is 3.09. The second kappa shape index (κ2) is 5.97. The van der Waals surface area contributed by atoms with E-state index in [4.69, 9.17) is 15.9 Å². The topological polar surface area (TPSA) is 85.5 Å². The molecule has 1 saturated heterocycles. The van der Waals surface area contributed by atoms with E-state index in [0.29, 0.717) is 12.6 Å². The molecule has 1 amide bonds. The number of furan rings is 1. The summed E-state index contributed by atoms with van der Waals surface area (Å²) in [4.78, 5) is 13.7. The van der Waals surface area contributed by atoms with Gasteiger partial charge in [-0.25, -0.2) is 0 Å². The Hall–Kier alpha value is -1.33. The average molecular weight is 279 g/mol. The summed E-state index contributed by atoms with van der Waals surface area (Å²) in [7, 11) is 0. The highest BCUT2D eigenvalue weighted by Crippen LogP contribution is 2.33. The zero-order valence-electron chi connectivity index (χ0n) is 12.5. The maximum Gasteiger partial charge on any atom is 0.221 e. The summed E-state index contributed by atoms with van der Waals surface area (Å²) in [5, 5.41) is 0. The zero-order chi connectivity index (χ0) is 14.9. The third kappa shape index (κ3) is 3.04. The van der Waals surface area contributed by atoms with Crippen molar-refractivity contribution >= 4 is 5.91 Å². The molecule has 1 aromatic rings. The van der Waals surface area contributed by atoms with Gasteiger partial charge in [-0.2, -0.15) is 0 Å². The first-order chi connectivity index (χ1) is 9.40. The van der Waals surface area contributed by atoms with E-state index in [9.17, 15) is 4.79 Å². The van der Waals surface area contributed by atoms with Gasteiger partial charge in [0.25, 0.3) is 0 Å². The monoisotopic (exact) mass is 279 g/mol. The molecule has 1 fully saturated rings. The lowest BCUT2D eigenvalue weighted by molar-refractivity contribution is -0.124. The molecule has 5 nitrogen and oxygen atoms in total. The molecular formula is C15H25N3O2. The molecule has 20 heavy (non-hydrogen) atoms. The number of hydrogen-bond donors (Lipinski definition) is 2. The molecule has 0 aromatic carbocycles. The van der Waals surface area contributed by atoms with Crippen molar-refractivity contribution in [2.45, 2.75) is 51.7 Å². The smallest absolute Gasteiger partial charge is 0.221 e. The molecule has 2 rings (SSSR count). The maximum absolute atomic E-state index is 11.5. The van der Waals surface area contributed by atoms with Crippen LogP contribution >= 0.6 is 0 Å². The molecule has 112 valence electrons. The van der Waals surface area contributed by atoms with Gasteiger partial charge in [-0.3, -0.25) is 9.69 Å². The summed E-state index contributed by atoms with van der Waals surface area (Å²) in [5.74, 6) is 1.43. The molecule has 0 saturated carbocycles. The molecular weight excluding hydrogens is 254 g/mol. The van der Waals surface area contributed by atoms with Crippen molar-refractivity contribution in [1.82, 2.24) is 4.90 Å².